The van der Waals surface area contributed by atoms with E-state index in [2.05, 4.69) is 39.1 Å². The Morgan fingerprint density at radius 2 is 1.85 bits per heavy atom. The fourth-order valence-corrected chi connectivity index (χ4v) is 1.08. The van der Waals surface area contributed by atoms with Crippen molar-refractivity contribution in [1.82, 2.24) is 5.32 Å². The third-order valence-electron chi connectivity index (χ3n) is 2.23. The van der Waals surface area contributed by atoms with Gasteiger partial charge in [0, 0.05) is 6.54 Å². The highest BCUT2D eigenvalue weighted by Crippen LogP contribution is 2.07. The van der Waals surface area contributed by atoms with Crippen molar-refractivity contribution >= 4 is 0 Å². The van der Waals surface area contributed by atoms with E-state index in [1.54, 1.807) is 0 Å². The highest BCUT2D eigenvalue weighted by molar-refractivity contribution is 4.86. The van der Waals surface area contributed by atoms with Crippen LogP contribution < -0.4 is 5.32 Å². The second kappa shape index (κ2) is 6.91. The van der Waals surface area contributed by atoms with Crippen molar-refractivity contribution in [2.24, 2.45) is 17.8 Å². The van der Waals surface area contributed by atoms with E-state index in [1.807, 2.05) is 0 Å². The summed E-state index contributed by atoms with van der Waals surface area (Å²) in [5, 5.41) is 12.1. The number of rotatable bonds is 6. The van der Waals surface area contributed by atoms with Gasteiger partial charge in [0.25, 0.3) is 0 Å². The summed E-state index contributed by atoms with van der Waals surface area (Å²) in [6.45, 7) is 10.5. The summed E-state index contributed by atoms with van der Waals surface area (Å²) in [5.41, 5.74) is 0. The average Bonchev–Trinajstić information content (AvgIpc) is 2.03. The Labute approximate surface area is 82.3 Å². The van der Waals surface area contributed by atoms with Crippen LogP contribution in [0.25, 0.3) is 0 Å². The van der Waals surface area contributed by atoms with Crippen LogP contribution in [0.1, 0.15) is 34.1 Å². The first-order valence-electron chi connectivity index (χ1n) is 5.18. The quantitative estimate of drug-likeness (QED) is 0.640. The van der Waals surface area contributed by atoms with Crippen molar-refractivity contribution in [2.45, 2.75) is 34.1 Å². The molecule has 1 N–H and O–H groups in total. The van der Waals surface area contributed by atoms with Gasteiger partial charge in [-0.1, -0.05) is 27.7 Å². The molecule has 0 aromatic rings. The lowest BCUT2D eigenvalue weighted by Crippen LogP contribution is -2.26. The van der Waals surface area contributed by atoms with Gasteiger partial charge < -0.3 is 5.32 Å². The average molecular weight is 182 g/mol. The Kier molecular flexibility index (Phi) is 6.62. The van der Waals surface area contributed by atoms with Crippen LogP contribution in [0.2, 0.25) is 0 Å². The van der Waals surface area contributed by atoms with E-state index in [4.69, 9.17) is 5.26 Å². The molecule has 0 heterocycles. The topological polar surface area (TPSA) is 35.8 Å². The molecule has 1 unspecified atom stereocenters. The molecule has 0 aromatic carbocycles. The van der Waals surface area contributed by atoms with Crippen LogP contribution in [0.15, 0.2) is 0 Å². The van der Waals surface area contributed by atoms with Crippen molar-refractivity contribution < 1.29 is 0 Å². The molecule has 0 aromatic heterocycles. The third kappa shape index (κ3) is 6.60. The number of nitrogens with one attached hydrogen (secondary N) is 1. The van der Waals surface area contributed by atoms with Gasteiger partial charge in [-0.15, -0.1) is 0 Å². The lowest BCUT2D eigenvalue weighted by Gasteiger charge is -2.14. The molecule has 0 amide bonds. The van der Waals surface area contributed by atoms with Crippen molar-refractivity contribution in [3.8, 4) is 6.07 Å². The second-order valence-electron chi connectivity index (χ2n) is 4.37. The summed E-state index contributed by atoms with van der Waals surface area (Å²) in [6.07, 6.45) is 1.19. The molecule has 2 heteroatoms. The fraction of sp³-hybridized carbons (Fsp3) is 0.909. The zero-order chi connectivity index (χ0) is 10.3. The molecule has 13 heavy (non-hydrogen) atoms. The van der Waals surface area contributed by atoms with Crippen LogP contribution in [0.5, 0.6) is 0 Å². The van der Waals surface area contributed by atoms with E-state index >= 15 is 0 Å². The lowest BCUT2D eigenvalue weighted by molar-refractivity contribution is 0.429. The molecule has 0 aliphatic carbocycles. The summed E-state index contributed by atoms with van der Waals surface area (Å²) < 4.78 is 0. The summed E-state index contributed by atoms with van der Waals surface area (Å²) >= 11 is 0. The molecule has 1 atom stereocenters. The van der Waals surface area contributed by atoms with Crippen LogP contribution in [-0.4, -0.2) is 13.1 Å². The van der Waals surface area contributed by atoms with E-state index < -0.39 is 0 Å². The molecular weight excluding hydrogens is 160 g/mol. The molecule has 0 rings (SSSR count). The Hall–Kier alpha value is -0.550. The number of nitrogens with zero attached hydrogens (tertiary/aromatic N) is 1. The molecule has 0 aliphatic heterocycles. The zero-order valence-electron chi connectivity index (χ0n) is 9.30. The molecule has 0 radical (unpaired) electrons. The SMILES string of the molecule is CC(C)CCNCC(C#N)C(C)C. The number of nitriles is 1. The highest BCUT2D eigenvalue weighted by Gasteiger charge is 2.10. The largest absolute Gasteiger partial charge is 0.315 e. The molecule has 0 saturated heterocycles. The van der Waals surface area contributed by atoms with Gasteiger partial charge in [-0.3, -0.25) is 0 Å². The summed E-state index contributed by atoms with van der Waals surface area (Å²) in [5.74, 6) is 1.36. The number of hydrogen-bond acceptors (Lipinski definition) is 2. The third-order valence-corrected chi connectivity index (χ3v) is 2.23. The number of hydrogen-bond donors (Lipinski definition) is 1. The zero-order valence-corrected chi connectivity index (χ0v) is 9.30. The lowest BCUT2D eigenvalue weighted by atomic mass is 9.97. The van der Waals surface area contributed by atoms with Gasteiger partial charge in [-0.25, -0.2) is 0 Å². The Balaban J connectivity index is 3.46. The molecular formula is C11H22N2. The minimum absolute atomic E-state index is 0.159. The maximum Gasteiger partial charge on any atom is 0.0671 e. The smallest absolute Gasteiger partial charge is 0.0671 e. The van der Waals surface area contributed by atoms with Gasteiger partial charge in [-0.05, 0) is 24.8 Å². The highest BCUT2D eigenvalue weighted by atomic mass is 14.9. The standard InChI is InChI=1S/C11H22N2/c1-9(2)5-6-13-8-11(7-12)10(3)4/h9-11,13H,5-6,8H2,1-4H3. The molecule has 76 valence electrons. The van der Waals surface area contributed by atoms with Gasteiger partial charge in [0.1, 0.15) is 0 Å². The van der Waals surface area contributed by atoms with Crippen molar-refractivity contribution in [2.75, 3.05) is 13.1 Å². The molecule has 0 fully saturated rings. The van der Waals surface area contributed by atoms with E-state index in [-0.39, 0.29) is 5.92 Å². The van der Waals surface area contributed by atoms with Crippen molar-refractivity contribution in [1.29, 1.82) is 5.26 Å². The summed E-state index contributed by atoms with van der Waals surface area (Å²) in [6, 6.07) is 2.33. The summed E-state index contributed by atoms with van der Waals surface area (Å²) in [7, 11) is 0. The Bertz CT molecular complexity index is 156. The van der Waals surface area contributed by atoms with E-state index in [9.17, 15) is 0 Å². The van der Waals surface area contributed by atoms with Gasteiger partial charge >= 0.3 is 0 Å². The van der Waals surface area contributed by atoms with E-state index in [0.717, 1.165) is 19.0 Å². The van der Waals surface area contributed by atoms with Crippen molar-refractivity contribution in [3.63, 3.8) is 0 Å². The minimum Gasteiger partial charge on any atom is -0.315 e. The van der Waals surface area contributed by atoms with Gasteiger partial charge in [0.15, 0.2) is 0 Å². The van der Waals surface area contributed by atoms with Gasteiger partial charge in [0.05, 0.1) is 12.0 Å². The molecule has 0 bridgehead atoms. The molecule has 0 spiro atoms. The van der Waals surface area contributed by atoms with Crippen LogP contribution in [0, 0.1) is 29.1 Å². The molecule has 2 nitrogen and oxygen atoms in total. The summed E-state index contributed by atoms with van der Waals surface area (Å²) in [4.78, 5) is 0. The normalized spacial score (nSPS) is 13.3. The Morgan fingerprint density at radius 3 is 2.23 bits per heavy atom. The van der Waals surface area contributed by atoms with Crippen molar-refractivity contribution in [3.05, 3.63) is 0 Å². The first-order valence-corrected chi connectivity index (χ1v) is 5.18. The molecule has 0 saturated carbocycles. The monoisotopic (exact) mass is 182 g/mol. The second-order valence-corrected chi connectivity index (χ2v) is 4.37. The van der Waals surface area contributed by atoms with E-state index in [0.29, 0.717) is 5.92 Å². The van der Waals surface area contributed by atoms with Gasteiger partial charge in [0.2, 0.25) is 0 Å². The Morgan fingerprint density at radius 1 is 1.23 bits per heavy atom. The van der Waals surface area contributed by atoms with E-state index in [1.165, 1.54) is 6.42 Å². The fourth-order valence-electron chi connectivity index (χ4n) is 1.08. The minimum atomic E-state index is 0.159. The molecule has 0 aliphatic rings. The van der Waals surface area contributed by atoms with Crippen LogP contribution in [-0.2, 0) is 0 Å². The predicted molar refractivity (Wildman–Crippen MR) is 56.3 cm³/mol. The van der Waals surface area contributed by atoms with Gasteiger partial charge in [-0.2, -0.15) is 5.26 Å². The maximum absolute atomic E-state index is 8.81. The van der Waals surface area contributed by atoms with Crippen LogP contribution in [0.3, 0.4) is 0 Å². The predicted octanol–water partition coefficient (Wildman–Crippen LogP) is 2.42. The van der Waals surface area contributed by atoms with Crippen LogP contribution >= 0.6 is 0 Å². The first kappa shape index (κ1) is 12.4. The van der Waals surface area contributed by atoms with Crippen LogP contribution in [0.4, 0.5) is 0 Å². The maximum atomic E-state index is 8.81. The first-order chi connectivity index (χ1) is 6.07.